The van der Waals surface area contributed by atoms with E-state index in [1.807, 2.05) is 49.4 Å². The molecule has 0 unspecified atom stereocenters. The van der Waals surface area contributed by atoms with Crippen molar-refractivity contribution in [2.24, 2.45) is 0 Å². The molecule has 0 amide bonds. The summed E-state index contributed by atoms with van der Waals surface area (Å²) in [6, 6.07) is 13.5. The standard InChI is InChI=1S/C17H14Cl2O/c1-13-11-17(9-6-15(13)3-2-10-18)20-12-14-4-7-16(19)8-5-14/h4-9,11H,10,12H2,1H3. The maximum atomic E-state index is 5.85. The molecular formula is C17H14Cl2O. The highest BCUT2D eigenvalue weighted by atomic mass is 35.5. The maximum absolute atomic E-state index is 5.85. The van der Waals surface area contributed by atoms with Crippen LogP contribution in [0.25, 0.3) is 0 Å². The first-order valence-corrected chi connectivity index (χ1v) is 7.13. The average molecular weight is 305 g/mol. The number of alkyl halides is 1. The monoisotopic (exact) mass is 304 g/mol. The third-order valence-corrected chi connectivity index (χ3v) is 3.19. The van der Waals surface area contributed by atoms with Crippen LogP contribution in [0.1, 0.15) is 16.7 Å². The Morgan fingerprint density at radius 1 is 1.10 bits per heavy atom. The summed E-state index contributed by atoms with van der Waals surface area (Å²) in [5.41, 5.74) is 3.14. The number of rotatable bonds is 3. The molecule has 102 valence electrons. The summed E-state index contributed by atoms with van der Waals surface area (Å²) in [6.07, 6.45) is 0. The predicted octanol–water partition coefficient (Wildman–Crippen LogP) is 4.82. The zero-order valence-electron chi connectivity index (χ0n) is 11.1. The van der Waals surface area contributed by atoms with E-state index in [-0.39, 0.29) is 0 Å². The summed E-state index contributed by atoms with van der Waals surface area (Å²) >= 11 is 11.4. The second kappa shape index (κ2) is 7.24. The third kappa shape index (κ3) is 4.20. The minimum atomic E-state index is 0.342. The number of aryl methyl sites for hydroxylation is 1. The molecule has 2 aromatic rings. The first-order chi connectivity index (χ1) is 9.69. The highest BCUT2D eigenvalue weighted by molar-refractivity contribution is 6.30. The van der Waals surface area contributed by atoms with Gasteiger partial charge in [-0.05, 0) is 48.4 Å². The Kier molecular flexibility index (Phi) is 5.35. The molecule has 0 fully saturated rings. The van der Waals surface area contributed by atoms with Crippen LogP contribution in [0.5, 0.6) is 5.75 Å². The second-order valence-corrected chi connectivity index (χ2v) is 5.03. The van der Waals surface area contributed by atoms with Crippen molar-refractivity contribution in [3.63, 3.8) is 0 Å². The Morgan fingerprint density at radius 3 is 2.50 bits per heavy atom. The topological polar surface area (TPSA) is 9.23 Å². The van der Waals surface area contributed by atoms with Crippen molar-refractivity contribution < 1.29 is 4.74 Å². The average Bonchev–Trinajstić information content (AvgIpc) is 2.46. The molecule has 0 saturated heterocycles. The summed E-state index contributed by atoms with van der Waals surface area (Å²) < 4.78 is 5.75. The molecule has 0 bridgehead atoms. The van der Waals surface area contributed by atoms with Gasteiger partial charge >= 0.3 is 0 Å². The number of ether oxygens (including phenoxy) is 1. The Morgan fingerprint density at radius 2 is 1.85 bits per heavy atom. The minimum Gasteiger partial charge on any atom is -0.489 e. The molecule has 0 aromatic heterocycles. The lowest BCUT2D eigenvalue weighted by atomic mass is 10.1. The lowest BCUT2D eigenvalue weighted by molar-refractivity contribution is 0.306. The van der Waals surface area contributed by atoms with Crippen LogP contribution in [0.4, 0.5) is 0 Å². The molecule has 0 saturated carbocycles. The molecule has 3 heteroatoms. The molecule has 2 rings (SSSR count). The first kappa shape index (κ1) is 14.8. The summed E-state index contributed by atoms with van der Waals surface area (Å²) in [5.74, 6) is 7.04. The molecule has 20 heavy (non-hydrogen) atoms. The highest BCUT2D eigenvalue weighted by Gasteiger charge is 2.00. The molecule has 0 aliphatic rings. The van der Waals surface area contributed by atoms with E-state index in [1.54, 1.807) is 0 Å². The Bertz CT molecular complexity index is 636. The Balaban J connectivity index is 2.03. The van der Waals surface area contributed by atoms with Crippen molar-refractivity contribution in [1.82, 2.24) is 0 Å². The van der Waals surface area contributed by atoms with E-state index >= 15 is 0 Å². The highest BCUT2D eigenvalue weighted by Crippen LogP contribution is 2.18. The van der Waals surface area contributed by atoms with E-state index in [9.17, 15) is 0 Å². The predicted molar refractivity (Wildman–Crippen MR) is 84.6 cm³/mol. The van der Waals surface area contributed by atoms with Gasteiger partial charge in [0.05, 0.1) is 5.88 Å². The third-order valence-electron chi connectivity index (χ3n) is 2.81. The van der Waals surface area contributed by atoms with Crippen LogP contribution >= 0.6 is 23.2 Å². The molecule has 0 atom stereocenters. The van der Waals surface area contributed by atoms with Crippen LogP contribution < -0.4 is 4.74 Å². The summed E-state index contributed by atoms with van der Waals surface area (Å²) in [5, 5.41) is 0.729. The SMILES string of the molecule is Cc1cc(OCc2ccc(Cl)cc2)ccc1C#CCCl. The number of halogens is 2. The van der Waals surface area contributed by atoms with Crippen LogP contribution in [-0.2, 0) is 6.61 Å². The van der Waals surface area contributed by atoms with Crippen molar-refractivity contribution in [3.05, 3.63) is 64.2 Å². The Hall–Kier alpha value is -1.62. The van der Waals surface area contributed by atoms with Crippen molar-refractivity contribution in [2.45, 2.75) is 13.5 Å². The van der Waals surface area contributed by atoms with Crippen molar-refractivity contribution in [3.8, 4) is 17.6 Å². The fourth-order valence-electron chi connectivity index (χ4n) is 1.74. The van der Waals surface area contributed by atoms with Gasteiger partial charge in [0.1, 0.15) is 12.4 Å². The lowest BCUT2D eigenvalue weighted by Crippen LogP contribution is -1.96. The molecule has 0 aliphatic carbocycles. The molecule has 1 nitrogen and oxygen atoms in total. The normalized spacial score (nSPS) is 9.75. The van der Waals surface area contributed by atoms with Crippen LogP contribution in [0, 0.1) is 18.8 Å². The molecular weight excluding hydrogens is 291 g/mol. The fraction of sp³-hybridized carbons (Fsp3) is 0.176. The number of hydrogen-bond donors (Lipinski definition) is 0. The van der Waals surface area contributed by atoms with Crippen LogP contribution in [0.15, 0.2) is 42.5 Å². The van der Waals surface area contributed by atoms with Crippen molar-refractivity contribution in [1.29, 1.82) is 0 Å². The van der Waals surface area contributed by atoms with Gasteiger partial charge in [-0.25, -0.2) is 0 Å². The summed E-state index contributed by atoms with van der Waals surface area (Å²) in [4.78, 5) is 0. The largest absolute Gasteiger partial charge is 0.489 e. The van der Waals surface area contributed by atoms with E-state index in [2.05, 4.69) is 11.8 Å². The maximum Gasteiger partial charge on any atom is 0.120 e. The molecule has 0 heterocycles. The molecule has 0 radical (unpaired) electrons. The molecule has 2 aromatic carbocycles. The summed E-state index contributed by atoms with van der Waals surface area (Å²) in [6.45, 7) is 2.52. The van der Waals surface area contributed by atoms with Crippen molar-refractivity contribution >= 4 is 23.2 Å². The van der Waals surface area contributed by atoms with E-state index < -0.39 is 0 Å². The van der Waals surface area contributed by atoms with Crippen LogP contribution in [-0.4, -0.2) is 5.88 Å². The molecule has 0 aliphatic heterocycles. The Labute approximate surface area is 129 Å². The molecule has 0 N–H and O–H groups in total. The lowest BCUT2D eigenvalue weighted by Gasteiger charge is -2.08. The van der Waals surface area contributed by atoms with E-state index in [0.29, 0.717) is 12.5 Å². The van der Waals surface area contributed by atoms with E-state index in [1.165, 1.54) is 0 Å². The zero-order chi connectivity index (χ0) is 14.4. The zero-order valence-corrected chi connectivity index (χ0v) is 12.6. The minimum absolute atomic E-state index is 0.342. The quantitative estimate of drug-likeness (QED) is 0.583. The number of hydrogen-bond acceptors (Lipinski definition) is 1. The van der Waals surface area contributed by atoms with Gasteiger partial charge in [0, 0.05) is 10.6 Å². The van der Waals surface area contributed by atoms with E-state index in [4.69, 9.17) is 27.9 Å². The van der Waals surface area contributed by atoms with Crippen LogP contribution in [0.2, 0.25) is 5.02 Å². The number of benzene rings is 2. The van der Waals surface area contributed by atoms with Gasteiger partial charge in [-0.1, -0.05) is 35.6 Å². The van der Waals surface area contributed by atoms with Crippen molar-refractivity contribution in [2.75, 3.05) is 5.88 Å². The summed E-state index contributed by atoms with van der Waals surface area (Å²) in [7, 11) is 0. The molecule has 0 spiro atoms. The van der Waals surface area contributed by atoms with Gasteiger partial charge in [0.25, 0.3) is 0 Å². The van der Waals surface area contributed by atoms with Gasteiger partial charge < -0.3 is 4.74 Å². The van der Waals surface area contributed by atoms with Gasteiger partial charge in [0.15, 0.2) is 0 Å². The van der Waals surface area contributed by atoms with E-state index in [0.717, 1.165) is 27.5 Å². The van der Waals surface area contributed by atoms with Gasteiger partial charge in [0.2, 0.25) is 0 Å². The second-order valence-electron chi connectivity index (χ2n) is 4.33. The smallest absolute Gasteiger partial charge is 0.120 e. The van der Waals surface area contributed by atoms with Gasteiger partial charge in [-0.15, -0.1) is 11.6 Å². The fourth-order valence-corrected chi connectivity index (χ4v) is 1.93. The van der Waals surface area contributed by atoms with Crippen LogP contribution in [0.3, 0.4) is 0 Å². The van der Waals surface area contributed by atoms with Gasteiger partial charge in [-0.2, -0.15) is 0 Å². The first-order valence-electron chi connectivity index (χ1n) is 6.22. The van der Waals surface area contributed by atoms with Gasteiger partial charge in [-0.3, -0.25) is 0 Å².